The van der Waals surface area contributed by atoms with E-state index in [1.165, 1.54) is 30.0 Å². The van der Waals surface area contributed by atoms with Gasteiger partial charge in [-0.05, 0) is 31.2 Å². The Morgan fingerprint density at radius 2 is 1.81 bits per heavy atom. The highest BCUT2D eigenvalue weighted by molar-refractivity contribution is 7.92. The van der Waals surface area contributed by atoms with Gasteiger partial charge < -0.3 is 10.2 Å². The third kappa shape index (κ3) is 5.54. The molecule has 0 atom stereocenters. The normalized spacial score (nSPS) is 11.2. The molecule has 2 amide bonds. The zero-order chi connectivity index (χ0) is 22.8. The Bertz CT molecular complexity index is 1270. The Balaban J connectivity index is 1.93. The number of nitrogens with one attached hydrogen (secondary N) is 2. The third-order valence-corrected chi connectivity index (χ3v) is 5.02. The van der Waals surface area contributed by atoms with Gasteiger partial charge in [-0.1, -0.05) is 18.2 Å². The summed E-state index contributed by atoms with van der Waals surface area (Å²) >= 11 is 0. The molecule has 0 radical (unpaired) electrons. The van der Waals surface area contributed by atoms with Crippen LogP contribution in [0.4, 0.5) is 11.4 Å². The Morgan fingerprint density at radius 1 is 1.10 bits per heavy atom. The highest BCUT2D eigenvalue weighted by Gasteiger charge is 2.20. The molecule has 0 bridgehead atoms. The lowest BCUT2D eigenvalue weighted by Crippen LogP contribution is -2.28. The van der Waals surface area contributed by atoms with Gasteiger partial charge in [0.2, 0.25) is 15.9 Å². The van der Waals surface area contributed by atoms with Crippen LogP contribution in [-0.2, 0) is 21.4 Å². The van der Waals surface area contributed by atoms with Crippen molar-refractivity contribution in [3.63, 3.8) is 0 Å². The number of aromatic nitrogens is 2. The predicted octanol–water partition coefficient (Wildman–Crippen LogP) is 2.54. The van der Waals surface area contributed by atoms with Gasteiger partial charge in [-0.15, -0.1) is 0 Å². The first-order valence-electron chi connectivity index (χ1n) is 9.40. The van der Waals surface area contributed by atoms with E-state index >= 15 is 0 Å². The van der Waals surface area contributed by atoms with E-state index in [4.69, 9.17) is 0 Å². The largest absolute Gasteiger partial charge is 0.334 e. The number of anilines is 2. The fourth-order valence-electron chi connectivity index (χ4n) is 3.15. The lowest BCUT2D eigenvalue weighted by molar-refractivity contribution is -0.114. The molecule has 9 nitrogen and oxygen atoms in total. The molecule has 0 fully saturated rings. The number of benzene rings is 2. The van der Waals surface area contributed by atoms with Crippen molar-refractivity contribution in [1.29, 1.82) is 0 Å². The SMILES string of the molecule is CC(=O)Nc1ccc(NS(C)(=O)=O)c(C(=O)N(C)Cc2nc(C)c3ccccc3n2)c1. The van der Waals surface area contributed by atoms with E-state index in [0.29, 0.717) is 11.5 Å². The number of hydrogen-bond acceptors (Lipinski definition) is 6. The molecule has 10 heteroatoms. The predicted molar refractivity (Wildman–Crippen MR) is 119 cm³/mol. The van der Waals surface area contributed by atoms with E-state index in [2.05, 4.69) is 20.0 Å². The topological polar surface area (TPSA) is 121 Å². The Hall–Kier alpha value is -3.53. The van der Waals surface area contributed by atoms with Crippen molar-refractivity contribution in [1.82, 2.24) is 14.9 Å². The van der Waals surface area contributed by atoms with Gasteiger partial charge in [-0.3, -0.25) is 14.3 Å². The van der Waals surface area contributed by atoms with Gasteiger partial charge in [-0.25, -0.2) is 18.4 Å². The summed E-state index contributed by atoms with van der Waals surface area (Å²) in [5.74, 6) is -0.300. The van der Waals surface area contributed by atoms with E-state index in [1.807, 2.05) is 31.2 Å². The third-order valence-electron chi connectivity index (χ3n) is 4.43. The van der Waals surface area contributed by atoms with Gasteiger partial charge in [-0.2, -0.15) is 0 Å². The molecule has 3 aromatic rings. The number of sulfonamides is 1. The standard InChI is InChI=1S/C21H23N5O4S/c1-13-16-7-5-6-8-18(16)24-20(22-13)12-26(3)21(28)17-11-15(23-14(2)27)9-10-19(17)25-31(4,29)30/h5-11,25H,12H2,1-4H3,(H,23,27). The summed E-state index contributed by atoms with van der Waals surface area (Å²) in [6, 6.07) is 12.0. The molecule has 2 aromatic carbocycles. The smallest absolute Gasteiger partial charge is 0.256 e. The Kier molecular flexibility index (Phi) is 6.21. The van der Waals surface area contributed by atoms with Gasteiger partial charge in [0.15, 0.2) is 0 Å². The van der Waals surface area contributed by atoms with Gasteiger partial charge >= 0.3 is 0 Å². The second kappa shape index (κ2) is 8.68. The quantitative estimate of drug-likeness (QED) is 0.606. The molecular weight excluding hydrogens is 418 g/mol. The van der Waals surface area contributed by atoms with Crippen molar-refractivity contribution in [2.24, 2.45) is 0 Å². The van der Waals surface area contributed by atoms with Crippen molar-refractivity contribution in [2.45, 2.75) is 20.4 Å². The van der Waals surface area contributed by atoms with E-state index in [1.54, 1.807) is 7.05 Å². The number of carbonyl (C=O) groups excluding carboxylic acids is 2. The molecule has 0 saturated heterocycles. The number of para-hydroxylation sites is 1. The molecule has 0 aliphatic rings. The van der Waals surface area contributed by atoms with Gasteiger partial charge in [0, 0.05) is 30.7 Å². The first-order valence-corrected chi connectivity index (χ1v) is 11.3. The summed E-state index contributed by atoms with van der Waals surface area (Å²) in [7, 11) is -2.04. The molecule has 2 N–H and O–H groups in total. The van der Waals surface area contributed by atoms with E-state index in [9.17, 15) is 18.0 Å². The second-order valence-electron chi connectivity index (χ2n) is 7.22. The maximum atomic E-state index is 13.2. The van der Waals surface area contributed by atoms with Crippen LogP contribution in [0, 0.1) is 6.92 Å². The second-order valence-corrected chi connectivity index (χ2v) is 8.97. The average molecular weight is 442 g/mol. The summed E-state index contributed by atoms with van der Waals surface area (Å²) in [6.45, 7) is 3.34. The van der Waals surface area contributed by atoms with Crippen molar-refractivity contribution < 1.29 is 18.0 Å². The number of hydrogen-bond donors (Lipinski definition) is 2. The van der Waals surface area contributed by atoms with E-state index < -0.39 is 15.9 Å². The Morgan fingerprint density at radius 3 is 2.48 bits per heavy atom. The molecule has 31 heavy (non-hydrogen) atoms. The zero-order valence-corrected chi connectivity index (χ0v) is 18.4. The minimum atomic E-state index is -3.62. The zero-order valence-electron chi connectivity index (χ0n) is 17.6. The fraction of sp³-hybridized carbons (Fsp3) is 0.238. The van der Waals surface area contributed by atoms with Crippen LogP contribution >= 0.6 is 0 Å². The number of amides is 2. The van der Waals surface area contributed by atoms with Crippen molar-refractivity contribution in [2.75, 3.05) is 23.3 Å². The van der Waals surface area contributed by atoms with Gasteiger partial charge in [0.25, 0.3) is 5.91 Å². The summed E-state index contributed by atoms with van der Waals surface area (Å²) in [5, 5.41) is 3.53. The number of carbonyl (C=O) groups is 2. The average Bonchev–Trinajstić information content (AvgIpc) is 2.67. The minimum absolute atomic E-state index is 0.0942. The van der Waals surface area contributed by atoms with Crippen molar-refractivity contribution >= 4 is 44.1 Å². The van der Waals surface area contributed by atoms with Crippen LogP contribution < -0.4 is 10.0 Å². The van der Waals surface area contributed by atoms with Gasteiger partial charge in [0.1, 0.15) is 5.82 Å². The molecule has 0 saturated carbocycles. The highest BCUT2D eigenvalue weighted by Crippen LogP contribution is 2.24. The summed E-state index contributed by atoms with van der Waals surface area (Å²) < 4.78 is 25.8. The van der Waals surface area contributed by atoms with Crippen molar-refractivity contribution in [3.8, 4) is 0 Å². The van der Waals surface area contributed by atoms with Crippen LogP contribution in [0.15, 0.2) is 42.5 Å². The summed E-state index contributed by atoms with van der Waals surface area (Å²) in [4.78, 5) is 34.9. The highest BCUT2D eigenvalue weighted by atomic mass is 32.2. The molecule has 162 valence electrons. The number of fused-ring (bicyclic) bond motifs is 1. The molecule has 0 unspecified atom stereocenters. The minimum Gasteiger partial charge on any atom is -0.334 e. The maximum Gasteiger partial charge on any atom is 0.256 e. The van der Waals surface area contributed by atoms with E-state index in [-0.39, 0.29) is 23.7 Å². The number of aryl methyl sites for hydroxylation is 1. The summed E-state index contributed by atoms with van der Waals surface area (Å²) in [5.41, 5.74) is 2.16. The van der Waals surface area contributed by atoms with Crippen LogP contribution in [0.25, 0.3) is 10.9 Å². The first kappa shape index (κ1) is 22.2. The van der Waals surface area contributed by atoms with Crippen LogP contribution in [0.1, 0.15) is 28.8 Å². The molecule has 0 spiro atoms. The van der Waals surface area contributed by atoms with Gasteiger partial charge in [0.05, 0.1) is 29.6 Å². The molecule has 0 aliphatic carbocycles. The first-order chi connectivity index (χ1) is 14.5. The maximum absolute atomic E-state index is 13.2. The van der Waals surface area contributed by atoms with E-state index in [0.717, 1.165) is 22.9 Å². The number of nitrogens with zero attached hydrogens (tertiary/aromatic N) is 3. The van der Waals surface area contributed by atoms with Crippen LogP contribution in [0.3, 0.4) is 0 Å². The van der Waals surface area contributed by atoms with Crippen LogP contribution in [0.2, 0.25) is 0 Å². The lowest BCUT2D eigenvalue weighted by atomic mass is 10.1. The fourth-order valence-corrected chi connectivity index (χ4v) is 3.72. The molecule has 0 aliphatic heterocycles. The molecule has 1 aromatic heterocycles. The Labute approximate surface area is 180 Å². The van der Waals surface area contributed by atoms with Crippen LogP contribution in [-0.4, -0.2) is 48.4 Å². The summed E-state index contributed by atoms with van der Waals surface area (Å²) in [6.07, 6.45) is 0.998. The van der Waals surface area contributed by atoms with Crippen molar-refractivity contribution in [3.05, 3.63) is 59.5 Å². The number of rotatable bonds is 6. The molecular formula is C21H23N5O4S. The monoisotopic (exact) mass is 441 g/mol. The van der Waals surface area contributed by atoms with Crippen LogP contribution in [0.5, 0.6) is 0 Å². The lowest BCUT2D eigenvalue weighted by Gasteiger charge is -2.20. The molecule has 1 heterocycles. The molecule has 3 rings (SSSR count).